The van der Waals surface area contributed by atoms with Crippen LogP contribution < -0.4 is 11.1 Å². The molecule has 0 aromatic carbocycles. The third-order valence-corrected chi connectivity index (χ3v) is 0.677. The summed E-state index contributed by atoms with van der Waals surface area (Å²) in [5.41, 5.74) is 4.50. The summed E-state index contributed by atoms with van der Waals surface area (Å²) in [5.74, 6) is 0. The maximum atomic E-state index is 4.50. The summed E-state index contributed by atoms with van der Waals surface area (Å²) in [6, 6.07) is 0. The Labute approximate surface area is 52.5 Å². The fourth-order valence-electron chi connectivity index (χ4n) is 0.354. The van der Waals surface area contributed by atoms with Crippen LogP contribution in [0.5, 0.6) is 0 Å². The van der Waals surface area contributed by atoms with Crippen molar-refractivity contribution >= 4 is 0 Å². The Balaban J connectivity index is 0. The minimum absolute atomic E-state index is 1.10. The van der Waals surface area contributed by atoms with E-state index in [1.54, 1.807) is 0 Å². The first-order chi connectivity index (χ1) is 3.91. The topological polar surface area (TPSA) is 38.0 Å². The molecule has 3 N–H and O–H groups in total. The molecular formula is C6H18N2. The third-order valence-electron chi connectivity index (χ3n) is 0.677. The minimum atomic E-state index is 1.10. The average molecular weight is 118 g/mol. The summed E-state index contributed by atoms with van der Waals surface area (Å²) in [6.07, 6.45) is 1.24. The fraction of sp³-hybridized carbons (Fsp3) is 1.00. The predicted molar refractivity (Wildman–Crippen MR) is 38.9 cm³/mol. The summed E-state index contributed by atoms with van der Waals surface area (Å²) in [5, 5.41) is 3.20. The quantitative estimate of drug-likeness (QED) is 0.532. The molecule has 0 fully saturated rings. The van der Waals surface area contributed by atoms with Crippen molar-refractivity contribution in [2.75, 3.05) is 20.1 Å². The maximum absolute atomic E-state index is 4.50. The molecule has 0 atom stereocenters. The Hall–Kier alpha value is -0.0800. The van der Waals surface area contributed by atoms with Gasteiger partial charge in [-0.25, -0.2) is 0 Å². The van der Waals surface area contributed by atoms with Gasteiger partial charge in [0.1, 0.15) is 0 Å². The van der Waals surface area contributed by atoms with Gasteiger partial charge in [0.2, 0.25) is 0 Å². The van der Waals surface area contributed by atoms with Crippen LogP contribution in [-0.4, -0.2) is 20.1 Å². The van der Waals surface area contributed by atoms with E-state index in [2.05, 4.69) is 24.9 Å². The molecule has 0 rings (SSSR count). The molecule has 2 nitrogen and oxygen atoms in total. The lowest BCUT2D eigenvalue weighted by molar-refractivity contribution is 0.703. The highest BCUT2D eigenvalue weighted by Crippen LogP contribution is 1.65. The zero-order valence-electron chi connectivity index (χ0n) is 6.20. The summed E-state index contributed by atoms with van der Waals surface area (Å²) in [6.45, 7) is 6.56. The monoisotopic (exact) mass is 118 g/mol. The smallest absolute Gasteiger partial charge is 0.00517 e. The molecule has 0 saturated carbocycles. The van der Waals surface area contributed by atoms with E-state index in [4.69, 9.17) is 0 Å². The van der Waals surface area contributed by atoms with E-state index in [1.807, 2.05) is 0 Å². The van der Waals surface area contributed by atoms with Crippen LogP contribution >= 0.6 is 0 Å². The Kier molecular flexibility index (Phi) is 21.3. The van der Waals surface area contributed by atoms with Crippen LogP contribution in [-0.2, 0) is 0 Å². The van der Waals surface area contributed by atoms with Gasteiger partial charge in [0, 0.05) is 0 Å². The van der Waals surface area contributed by atoms with Gasteiger partial charge in [0.15, 0.2) is 0 Å². The highest BCUT2D eigenvalue weighted by Gasteiger charge is 1.71. The van der Waals surface area contributed by atoms with Crippen molar-refractivity contribution < 1.29 is 0 Å². The van der Waals surface area contributed by atoms with Crippen LogP contribution in [0.2, 0.25) is 0 Å². The van der Waals surface area contributed by atoms with Crippen molar-refractivity contribution in [1.82, 2.24) is 5.32 Å². The van der Waals surface area contributed by atoms with Gasteiger partial charge in [0.05, 0.1) is 0 Å². The van der Waals surface area contributed by atoms with Crippen molar-refractivity contribution in [3.8, 4) is 0 Å². The molecule has 8 heavy (non-hydrogen) atoms. The van der Waals surface area contributed by atoms with Gasteiger partial charge in [-0.15, -0.1) is 0 Å². The van der Waals surface area contributed by atoms with Crippen LogP contribution in [0.25, 0.3) is 0 Å². The highest BCUT2D eigenvalue weighted by molar-refractivity contribution is 4.35. The van der Waals surface area contributed by atoms with Gasteiger partial charge in [0.25, 0.3) is 0 Å². The normalized spacial score (nSPS) is 7.50. The Morgan fingerprint density at radius 2 is 1.75 bits per heavy atom. The number of hydrogen-bond acceptors (Lipinski definition) is 2. The van der Waals surface area contributed by atoms with Crippen LogP contribution in [0.15, 0.2) is 0 Å². The van der Waals surface area contributed by atoms with Gasteiger partial charge in [-0.1, -0.05) is 13.8 Å². The van der Waals surface area contributed by atoms with Gasteiger partial charge in [-0.3, -0.25) is 0 Å². The SMILES string of the molecule is CCCNCC.CN. The Bertz CT molecular complexity index is 18.5. The van der Waals surface area contributed by atoms with E-state index < -0.39 is 0 Å². The van der Waals surface area contributed by atoms with Crippen molar-refractivity contribution in [2.45, 2.75) is 20.3 Å². The maximum Gasteiger partial charge on any atom is -0.00517 e. The van der Waals surface area contributed by atoms with Crippen molar-refractivity contribution in [3.05, 3.63) is 0 Å². The lowest BCUT2D eigenvalue weighted by Crippen LogP contribution is -2.12. The number of hydrogen-bond donors (Lipinski definition) is 2. The van der Waals surface area contributed by atoms with Gasteiger partial charge >= 0.3 is 0 Å². The molecule has 0 aromatic heterocycles. The number of nitrogens with one attached hydrogen (secondary N) is 1. The first-order valence-electron chi connectivity index (χ1n) is 3.20. The van der Waals surface area contributed by atoms with Gasteiger partial charge < -0.3 is 11.1 Å². The van der Waals surface area contributed by atoms with E-state index in [9.17, 15) is 0 Å². The lowest BCUT2D eigenvalue weighted by atomic mass is 10.5. The van der Waals surface area contributed by atoms with E-state index in [1.165, 1.54) is 13.5 Å². The first kappa shape index (κ1) is 10.8. The van der Waals surface area contributed by atoms with Crippen LogP contribution in [0.3, 0.4) is 0 Å². The molecule has 0 heterocycles. The van der Waals surface area contributed by atoms with Crippen molar-refractivity contribution in [2.24, 2.45) is 5.73 Å². The number of nitrogens with two attached hydrogens (primary N) is 1. The van der Waals surface area contributed by atoms with Crippen LogP contribution in [0.1, 0.15) is 20.3 Å². The lowest BCUT2D eigenvalue weighted by Gasteiger charge is -1.91. The molecule has 0 radical (unpaired) electrons. The van der Waals surface area contributed by atoms with E-state index in [-0.39, 0.29) is 0 Å². The molecule has 52 valence electrons. The van der Waals surface area contributed by atoms with E-state index in [0.29, 0.717) is 0 Å². The molecule has 0 spiro atoms. The summed E-state index contributed by atoms with van der Waals surface area (Å²) < 4.78 is 0. The minimum Gasteiger partial charge on any atom is -0.333 e. The highest BCUT2D eigenvalue weighted by atomic mass is 14.8. The van der Waals surface area contributed by atoms with Crippen molar-refractivity contribution in [3.63, 3.8) is 0 Å². The summed E-state index contributed by atoms with van der Waals surface area (Å²) in [7, 11) is 1.50. The second-order valence-corrected chi connectivity index (χ2v) is 1.35. The summed E-state index contributed by atoms with van der Waals surface area (Å²) >= 11 is 0. The Morgan fingerprint density at radius 1 is 1.25 bits per heavy atom. The Morgan fingerprint density at radius 3 is 1.88 bits per heavy atom. The largest absolute Gasteiger partial charge is 0.333 e. The second kappa shape index (κ2) is 15.8. The van der Waals surface area contributed by atoms with Crippen LogP contribution in [0.4, 0.5) is 0 Å². The third kappa shape index (κ3) is 16.8. The van der Waals surface area contributed by atoms with Gasteiger partial charge in [-0.2, -0.15) is 0 Å². The molecule has 0 bridgehead atoms. The molecule has 0 saturated heterocycles. The fourth-order valence-corrected chi connectivity index (χ4v) is 0.354. The molecule has 0 aromatic rings. The van der Waals surface area contributed by atoms with Crippen LogP contribution in [0, 0.1) is 0 Å². The van der Waals surface area contributed by atoms with E-state index in [0.717, 1.165) is 13.1 Å². The standard InChI is InChI=1S/C5H13N.CH5N/c1-3-5-6-4-2;1-2/h6H,3-5H2,1-2H3;2H2,1H3. The molecule has 0 aliphatic carbocycles. The van der Waals surface area contributed by atoms with Gasteiger partial charge in [-0.05, 0) is 26.6 Å². The first-order valence-corrected chi connectivity index (χ1v) is 3.20. The number of rotatable bonds is 3. The molecule has 0 unspecified atom stereocenters. The zero-order chi connectivity index (χ0) is 6.83. The average Bonchev–Trinajstić information content (AvgIpc) is 1.88. The molecule has 0 aliphatic rings. The molecule has 0 amide bonds. The summed E-state index contributed by atoms with van der Waals surface area (Å²) in [4.78, 5) is 0. The zero-order valence-corrected chi connectivity index (χ0v) is 6.20. The molecule has 0 aliphatic heterocycles. The van der Waals surface area contributed by atoms with Crippen molar-refractivity contribution in [1.29, 1.82) is 0 Å². The predicted octanol–water partition coefficient (Wildman–Crippen LogP) is 0.581. The molecule has 2 heteroatoms. The second-order valence-electron chi connectivity index (χ2n) is 1.35. The molecular weight excluding hydrogens is 100 g/mol. The van der Waals surface area contributed by atoms with E-state index >= 15 is 0 Å².